The molecule has 38 heavy (non-hydrogen) atoms. The zero-order valence-corrected chi connectivity index (χ0v) is 21.1. The van der Waals surface area contributed by atoms with Crippen molar-refractivity contribution in [3.63, 3.8) is 0 Å². The van der Waals surface area contributed by atoms with Crippen LogP contribution in [0.15, 0.2) is 12.1 Å². The molecule has 6 atom stereocenters. The van der Waals surface area contributed by atoms with Gasteiger partial charge in [0.05, 0.1) is 23.2 Å². The molecule has 0 heterocycles. The number of benzene rings is 1. The fourth-order valence-electron chi connectivity index (χ4n) is 6.18. The molecule has 0 spiro atoms. The molecule has 2 unspecified atom stereocenters. The number of nitrogens with two attached hydrogens (primary N) is 1. The highest BCUT2D eigenvalue weighted by Gasteiger charge is 2.69. The minimum atomic E-state index is -2.80. The smallest absolute Gasteiger partial charge is 0.235 e. The molecule has 0 aliphatic heterocycles. The molecule has 2 amide bonds. The van der Waals surface area contributed by atoms with Crippen LogP contribution in [0.3, 0.4) is 0 Å². The summed E-state index contributed by atoms with van der Waals surface area (Å²) in [5, 5.41) is 24.9. The molecular weight excluding hydrogens is 498 g/mol. The Kier molecular flexibility index (Phi) is 6.83. The molecule has 0 bridgehead atoms. The number of phenolic OH excluding ortho intramolecular Hbond substituents is 1. The summed E-state index contributed by atoms with van der Waals surface area (Å²) >= 11 is 0. The molecule has 1 aromatic rings. The van der Waals surface area contributed by atoms with Gasteiger partial charge in [0.2, 0.25) is 11.8 Å². The van der Waals surface area contributed by atoms with Crippen molar-refractivity contribution in [3.8, 4) is 5.75 Å². The number of hydrogen-bond acceptors (Lipinski definition) is 10. The lowest BCUT2D eigenvalue weighted by molar-refractivity contribution is -0.181. The highest BCUT2D eigenvalue weighted by atomic mass is 16.3. The van der Waals surface area contributed by atoms with Crippen molar-refractivity contribution >= 4 is 46.4 Å². The number of Topliss-reactive ketones (excluding diaryl/α,β-unsaturated/α-hetero) is 5. The number of nitrogens with one attached hydrogen (secondary N) is 1. The molecule has 2 saturated carbocycles. The average Bonchev–Trinajstić information content (AvgIpc) is 2.81. The van der Waals surface area contributed by atoms with Gasteiger partial charge in [-0.3, -0.25) is 33.7 Å². The van der Waals surface area contributed by atoms with E-state index in [1.807, 2.05) is 0 Å². The Balaban J connectivity index is 1.74. The van der Waals surface area contributed by atoms with Crippen LogP contribution in [0, 0.1) is 23.7 Å². The van der Waals surface area contributed by atoms with Gasteiger partial charge in [-0.15, -0.1) is 0 Å². The van der Waals surface area contributed by atoms with Crippen LogP contribution in [0.1, 0.15) is 42.1 Å². The molecule has 0 radical (unpaired) electrons. The lowest BCUT2D eigenvalue weighted by atomic mass is 9.52. The maximum Gasteiger partial charge on any atom is 0.235 e. The van der Waals surface area contributed by atoms with E-state index < -0.39 is 76.0 Å². The SMILES string of the molecule is CC(=O)CCC(=O)Nc1ccc2c(c1O)C(=O)C1C(=O)[C@]3(O)C(=O)C(C(N)=O)C(=O)[C@@H](N(C)C)[C@@H]3C[C@@H]1C2. The van der Waals surface area contributed by atoms with E-state index in [0.717, 1.165) is 0 Å². The van der Waals surface area contributed by atoms with Crippen molar-refractivity contribution in [2.75, 3.05) is 19.4 Å². The zero-order chi connectivity index (χ0) is 28.3. The Morgan fingerprint density at radius 2 is 1.76 bits per heavy atom. The number of aliphatic hydroxyl groups is 1. The number of aromatic hydroxyl groups is 1. The minimum absolute atomic E-state index is 0.00869. The number of phenols is 1. The van der Waals surface area contributed by atoms with Gasteiger partial charge in [0.15, 0.2) is 34.7 Å². The highest BCUT2D eigenvalue weighted by Crippen LogP contribution is 2.51. The van der Waals surface area contributed by atoms with E-state index in [1.165, 1.54) is 38.1 Å². The van der Waals surface area contributed by atoms with Crippen LogP contribution in [0.2, 0.25) is 0 Å². The van der Waals surface area contributed by atoms with Gasteiger partial charge in [0.1, 0.15) is 11.5 Å². The second-order valence-corrected chi connectivity index (χ2v) is 10.5. The van der Waals surface area contributed by atoms with Gasteiger partial charge in [-0.25, -0.2) is 0 Å². The van der Waals surface area contributed by atoms with E-state index in [0.29, 0.717) is 5.56 Å². The van der Waals surface area contributed by atoms with Crippen molar-refractivity contribution in [1.29, 1.82) is 0 Å². The lowest BCUT2D eigenvalue weighted by Crippen LogP contribution is -2.74. The van der Waals surface area contributed by atoms with Gasteiger partial charge in [-0.1, -0.05) is 6.07 Å². The Morgan fingerprint density at radius 3 is 2.34 bits per heavy atom. The molecule has 1 aromatic carbocycles. The summed E-state index contributed by atoms with van der Waals surface area (Å²) in [5.74, 6) is -12.2. The van der Waals surface area contributed by atoms with E-state index in [-0.39, 0.29) is 42.7 Å². The number of fused-ring (bicyclic) bond motifs is 3. The zero-order valence-electron chi connectivity index (χ0n) is 21.1. The first-order valence-corrected chi connectivity index (χ1v) is 12.2. The van der Waals surface area contributed by atoms with E-state index in [9.17, 15) is 43.8 Å². The summed E-state index contributed by atoms with van der Waals surface area (Å²) in [6, 6.07) is 1.76. The maximum atomic E-state index is 13.8. The third kappa shape index (κ3) is 4.04. The number of nitrogens with zero attached hydrogens (tertiary/aromatic N) is 1. The molecule has 3 aliphatic rings. The molecular formula is C26H29N3O9. The molecule has 12 nitrogen and oxygen atoms in total. The largest absolute Gasteiger partial charge is 0.505 e. The molecule has 0 saturated heterocycles. The van der Waals surface area contributed by atoms with Crippen LogP contribution < -0.4 is 11.1 Å². The van der Waals surface area contributed by atoms with Gasteiger partial charge in [-0.05, 0) is 51.4 Å². The van der Waals surface area contributed by atoms with Crippen LogP contribution in [0.4, 0.5) is 5.69 Å². The molecule has 12 heteroatoms. The number of carbonyl (C=O) groups excluding carboxylic acids is 7. The molecule has 5 N–H and O–H groups in total. The summed E-state index contributed by atoms with van der Waals surface area (Å²) in [6.45, 7) is 1.33. The quantitative estimate of drug-likeness (QED) is 0.267. The van der Waals surface area contributed by atoms with Gasteiger partial charge < -0.3 is 26.1 Å². The predicted molar refractivity (Wildman–Crippen MR) is 130 cm³/mol. The topological polar surface area (TPSA) is 201 Å². The van der Waals surface area contributed by atoms with Crippen molar-refractivity contribution in [2.24, 2.45) is 29.4 Å². The lowest BCUT2D eigenvalue weighted by Gasteiger charge is -2.52. The van der Waals surface area contributed by atoms with E-state index in [4.69, 9.17) is 5.73 Å². The van der Waals surface area contributed by atoms with Crippen LogP contribution in [0.5, 0.6) is 5.75 Å². The number of anilines is 1. The van der Waals surface area contributed by atoms with Gasteiger partial charge in [0, 0.05) is 18.8 Å². The number of amides is 2. The van der Waals surface area contributed by atoms with Crippen molar-refractivity contribution in [3.05, 3.63) is 23.3 Å². The Bertz CT molecular complexity index is 1300. The average molecular weight is 528 g/mol. The summed E-state index contributed by atoms with van der Waals surface area (Å²) in [6.07, 6.45) is -0.0658. The minimum Gasteiger partial charge on any atom is -0.505 e. The Hall–Kier alpha value is -3.77. The molecule has 4 rings (SSSR count). The number of hydrogen-bond donors (Lipinski definition) is 4. The second kappa shape index (κ2) is 9.52. The van der Waals surface area contributed by atoms with Gasteiger partial charge in [-0.2, -0.15) is 0 Å². The van der Waals surface area contributed by atoms with Crippen LogP contribution >= 0.6 is 0 Å². The number of carbonyl (C=O) groups is 7. The number of likely N-dealkylation sites (N-methyl/N-ethyl adjacent to an activating group) is 1. The number of rotatable bonds is 6. The van der Waals surface area contributed by atoms with Crippen LogP contribution in [-0.4, -0.2) is 81.6 Å². The standard InChI is InChI=1S/C26H29N3O9/c1-10(30)4-7-15(31)28-14-6-5-11-8-12-9-13-19(29(2)3)22(34)18(25(27)37)24(36)26(13,38)23(35)17(12)21(33)16(11)20(14)32/h5-6,12-13,17-19,32,38H,4,7-9H2,1-3H3,(H2,27,37)(H,28,31)/t12-,13-,17?,18?,19-,26-/m0/s1. The molecule has 202 valence electrons. The predicted octanol–water partition coefficient (Wildman–Crippen LogP) is -0.825. The second-order valence-electron chi connectivity index (χ2n) is 10.5. The fourth-order valence-corrected chi connectivity index (χ4v) is 6.18. The molecule has 2 fully saturated rings. The first kappa shape index (κ1) is 27.3. The van der Waals surface area contributed by atoms with Crippen molar-refractivity contribution < 1.29 is 43.8 Å². The van der Waals surface area contributed by atoms with E-state index in [2.05, 4.69) is 5.32 Å². The third-order valence-electron chi connectivity index (χ3n) is 7.91. The molecule has 3 aliphatic carbocycles. The first-order valence-electron chi connectivity index (χ1n) is 12.2. The van der Waals surface area contributed by atoms with Gasteiger partial charge >= 0.3 is 0 Å². The summed E-state index contributed by atoms with van der Waals surface area (Å²) < 4.78 is 0. The van der Waals surface area contributed by atoms with E-state index >= 15 is 0 Å². The normalized spacial score (nSPS) is 30.4. The number of ketones is 5. The van der Waals surface area contributed by atoms with Crippen molar-refractivity contribution in [2.45, 2.75) is 44.2 Å². The first-order chi connectivity index (χ1) is 17.7. The van der Waals surface area contributed by atoms with E-state index in [1.54, 1.807) is 0 Å². The Morgan fingerprint density at radius 1 is 1.11 bits per heavy atom. The summed E-state index contributed by atoms with van der Waals surface area (Å²) in [7, 11) is 3.03. The molecule has 0 aromatic heterocycles. The summed E-state index contributed by atoms with van der Waals surface area (Å²) in [5.41, 5.74) is 2.59. The highest BCUT2D eigenvalue weighted by molar-refractivity contribution is 6.32. The fraction of sp³-hybridized carbons (Fsp3) is 0.500. The third-order valence-corrected chi connectivity index (χ3v) is 7.91. The van der Waals surface area contributed by atoms with Crippen molar-refractivity contribution in [1.82, 2.24) is 4.90 Å². The number of primary amides is 1. The summed E-state index contributed by atoms with van der Waals surface area (Å²) in [4.78, 5) is 90.5. The van der Waals surface area contributed by atoms with Crippen LogP contribution in [0.25, 0.3) is 0 Å². The maximum absolute atomic E-state index is 13.8. The Labute approximate surface area is 217 Å². The van der Waals surface area contributed by atoms with Crippen LogP contribution in [-0.2, 0) is 35.2 Å². The van der Waals surface area contributed by atoms with Gasteiger partial charge in [0.25, 0.3) is 0 Å². The monoisotopic (exact) mass is 527 g/mol.